The number of nitrogens with one attached hydrogen (secondary N) is 1. The van der Waals surface area contributed by atoms with E-state index in [9.17, 15) is 20.1 Å². The van der Waals surface area contributed by atoms with Crippen LogP contribution in [0.25, 0.3) is 0 Å². The molecule has 0 bridgehead atoms. The summed E-state index contributed by atoms with van der Waals surface area (Å²) < 4.78 is 5.95. The highest BCUT2D eigenvalue weighted by molar-refractivity contribution is 9.11. The first-order valence-corrected chi connectivity index (χ1v) is 7.41. The molecule has 1 amide bonds. The van der Waals surface area contributed by atoms with Crippen molar-refractivity contribution in [3.63, 3.8) is 0 Å². The summed E-state index contributed by atoms with van der Waals surface area (Å²) in [5.74, 6) is -0.481. The molecule has 1 saturated heterocycles. The van der Waals surface area contributed by atoms with Gasteiger partial charge in [0.25, 0.3) is 5.91 Å². The highest BCUT2D eigenvalue weighted by Gasteiger charge is 2.44. The number of halogens is 1. The molecule has 1 aromatic rings. The van der Waals surface area contributed by atoms with Crippen molar-refractivity contribution in [3.05, 3.63) is 20.8 Å². The summed E-state index contributed by atoms with van der Waals surface area (Å²) in [6, 6.07) is 3.29. The third kappa shape index (κ3) is 3.19. The molecule has 0 aromatic carbocycles. The molecular formula is C11H14BrNO6S. The van der Waals surface area contributed by atoms with Gasteiger partial charge in [-0.25, -0.2) is 0 Å². The molecular weight excluding hydrogens is 354 g/mol. The standard InChI is InChI=1S/C11H14BrNO6S/c12-6-2-1-5(20-6)10(18)13-11-9(17)8(16)7(15)4(3-14)19-11/h1-2,4,7-9,11,14-17H,3H2,(H,13,18)/t4-,7-,8+,9-,11-/m1/s1. The summed E-state index contributed by atoms with van der Waals surface area (Å²) in [4.78, 5) is 12.3. The Morgan fingerprint density at radius 3 is 2.55 bits per heavy atom. The maximum absolute atomic E-state index is 11.9. The van der Waals surface area contributed by atoms with Crippen molar-refractivity contribution in [3.8, 4) is 0 Å². The molecule has 0 unspecified atom stereocenters. The van der Waals surface area contributed by atoms with Gasteiger partial charge < -0.3 is 30.5 Å². The zero-order chi connectivity index (χ0) is 14.9. The third-order valence-corrected chi connectivity index (χ3v) is 4.59. The second-order valence-electron chi connectivity index (χ2n) is 4.33. The smallest absolute Gasteiger partial charge is 0.263 e. The van der Waals surface area contributed by atoms with Crippen molar-refractivity contribution >= 4 is 33.2 Å². The Balaban J connectivity index is 2.06. The summed E-state index contributed by atoms with van der Waals surface area (Å²) >= 11 is 4.43. The fourth-order valence-electron chi connectivity index (χ4n) is 1.86. The van der Waals surface area contributed by atoms with E-state index >= 15 is 0 Å². The molecule has 0 radical (unpaired) electrons. The van der Waals surface area contributed by atoms with Crippen molar-refractivity contribution in [2.75, 3.05) is 6.61 Å². The Morgan fingerprint density at radius 2 is 2.00 bits per heavy atom. The van der Waals surface area contributed by atoms with E-state index < -0.39 is 43.2 Å². The SMILES string of the molecule is O=C(N[C@@H]1O[C@H](CO)[C@@H](O)[C@H](O)[C@H]1O)c1ccc(Br)s1. The van der Waals surface area contributed by atoms with Crippen LogP contribution in [0.5, 0.6) is 0 Å². The van der Waals surface area contributed by atoms with Crippen LogP contribution in [-0.2, 0) is 4.74 Å². The molecule has 1 aromatic heterocycles. The van der Waals surface area contributed by atoms with E-state index in [0.29, 0.717) is 4.88 Å². The van der Waals surface area contributed by atoms with Crippen molar-refractivity contribution in [2.24, 2.45) is 0 Å². The lowest BCUT2D eigenvalue weighted by atomic mass is 9.98. The second-order valence-corrected chi connectivity index (χ2v) is 6.79. The molecule has 0 saturated carbocycles. The largest absolute Gasteiger partial charge is 0.394 e. The number of hydrogen-bond acceptors (Lipinski definition) is 7. The highest BCUT2D eigenvalue weighted by atomic mass is 79.9. The molecule has 1 fully saturated rings. The van der Waals surface area contributed by atoms with Crippen molar-refractivity contribution < 1.29 is 30.0 Å². The molecule has 0 spiro atoms. The molecule has 112 valence electrons. The first kappa shape index (κ1) is 15.8. The number of carbonyl (C=O) groups is 1. The monoisotopic (exact) mass is 367 g/mol. The second kappa shape index (κ2) is 6.48. The molecule has 1 aliphatic heterocycles. The molecule has 2 heterocycles. The summed E-state index contributed by atoms with van der Waals surface area (Å²) in [5.41, 5.74) is 0. The Hall–Kier alpha value is -0.550. The molecule has 5 N–H and O–H groups in total. The lowest BCUT2D eigenvalue weighted by Crippen LogP contribution is -2.63. The van der Waals surface area contributed by atoms with Crippen LogP contribution in [-0.4, -0.2) is 63.6 Å². The van der Waals surface area contributed by atoms with Crippen LogP contribution in [0.3, 0.4) is 0 Å². The zero-order valence-corrected chi connectivity index (χ0v) is 12.5. The Labute approximate surface area is 126 Å². The molecule has 2 rings (SSSR count). The highest BCUT2D eigenvalue weighted by Crippen LogP contribution is 2.23. The van der Waals surface area contributed by atoms with E-state index in [1.807, 2.05) is 0 Å². The van der Waals surface area contributed by atoms with Crippen LogP contribution in [0.4, 0.5) is 0 Å². The maximum Gasteiger partial charge on any atom is 0.263 e. The molecule has 5 atom stereocenters. The first-order chi connectivity index (χ1) is 9.43. The number of aliphatic hydroxyl groups is 4. The molecule has 20 heavy (non-hydrogen) atoms. The predicted octanol–water partition coefficient (Wildman–Crippen LogP) is -0.960. The Bertz CT molecular complexity index is 481. The number of carbonyl (C=O) groups excluding carboxylic acids is 1. The Kier molecular flexibility index (Phi) is 5.13. The van der Waals surface area contributed by atoms with Crippen LogP contribution in [0.15, 0.2) is 15.9 Å². The molecule has 9 heteroatoms. The lowest BCUT2D eigenvalue weighted by molar-refractivity contribution is -0.233. The van der Waals surface area contributed by atoms with E-state index in [0.717, 1.165) is 3.79 Å². The van der Waals surface area contributed by atoms with Gasteiger partial charge in [0, 0.05) is 0 Å². The average molecular weight is 368 g/mol. The molecule has 1 aliphatic rings. The minimum absolute atomic E-state index is 0.397. The minimum atomic E-state index is -1.51. The van der Waals surface area contributed by atoms with Gasteiger partial charge in [0.15, 0.2) is 6.23 Å². The number of amides is 1. The number of rotatable bonds is 3. The van der Waals surface area contributed by atoms with Gasteiger partial charge in [-0.1, -0.05) is 0 Å². The van der Waals surface area contributed by atoms with Crippen molar-refractivity contribution in [1.82, 2.24) is 5.32 Å². The quantitative estimate of drug-likeness (QED) is 0.469. The fourth-order valence-corrected chi connectivity index (χ4v) is 3.15. The van der Waals surface area contributed by atoms with Crippen molar-refractivity contribution in [2.45, 2.75) is 30.6 Å². The normalized spacial score (nSPS) is 34.0. The van der Waals surface area contributed by atoms with E-state index in [-0.39, 0.29) is 0 Å². The fraction of sp³-hybridized carbons (Fsp3) is 0.545. The number of ether oxygens (including phenoxy) is 1. The molecule has 0 aliphatic carbocycles. The number of hydrogen-bond donors (Lipinski definition) is 5. The predicted molar refractivity (Wildman–Crippen MR) is 73.3 cm³/mol. The number of aliphatic hydroxyl groups excluding tert-OH is 4. The topological polar surface area (TPSA) is 119 Å². The summed E-state index contributed by atoms with van der Waals surface area (Å²) in [7, 11) is 0. The van der Waals surface area contributed by atoms with Gasteiger partial charge in [0.2, 0.25) is 0 Å². The minimum Gasteiger partial charge on any atom is -0.394 e. The summed E-state index contributed by atoms with van der Waals surface area (Å²) in [6.45, 7) is -0.540. The number of thiophene rings is 1. The summed E-state index contributed by atoms with van der Waals surface area (Å²) in [5, 5.41) is 40.5. The van der Waals surface area contributed by atoms with Gasteiger partial charge in [-0.15, -0.1) is 11.3 Å². The van der Waals surface area contributed by atoms with E-state index in [1.165, 1.54) is 11.3 Å². The van der Waals surface area contributed by atoms with E-state index in [1.54, 1.807) is 12.1 Å². The van der Waals surface area contributed by atoms with Gasteiger partial charge in [-0.3, -0.25) is 4.79 Å². The lowest BCUT2D eigenvalue weighted by Gasteiger charge is -2.40. The van der Waals surface area contributed by atoms with Gasteiger partial charge in [-0.05, 0) is 28.1 Å². The third-order valence-electron chi connectivity index (χ3n) is 2.96. The van der Waals surface area contributed by atoms with Crippen molar-refractivity contribution in [1.29, 1.82) is 0 Å². The summed E-state index contributed by atoms with van der Waals surface area (Å²) in [6.07, 6.45) is -6.70. The van der Waals surface area contributed by atoms with Crippen LogP contribution in [0.2, 0.25) is 0 Å². The van der Waals surface area contributed by atoms with Crippen LogP contribution < -0.4 is 5.32 Å². The van der Waals surface area contributed by atoms with Gasteiger partial charge in [0.05, 0.1) is 15.3 Å². The van der Waals surface area contributed by atoms with Crippen LogP contribution in [0, 0.1) is 0 Å². The van der Waals surface area contributed by atoms with E-state index in [2.05, 4.69) is 21.2 Å². The van der Waals surface area contributed by atoms with Crippen LogP contribution in [0.1, 0.15) is 9.67 Å². The van der Waals surface area contributed by atoms with Gasteiger partial charge in [-0.2, -0.15) is 0 Å². The maximum atomic E-state index is 11.9. The average Bonchev–Trinajstić information content (AvgIpc) is 2.86. The van der Waals surface area contributed by atoms with Crippen LogP contribution >= 0.6 is 27.3 Å². The van der Waals surface area contributed by atoms with Gasteiger partial charge >= 0.3 is 0 Å². The zero-order valence-electron chi connectivity index (χ0n) is 10.1. The van der Waals surface area contributed by atoms with Gasteiger partial charge in [0.1, 0.15) is 24.4 Å². The van der Waals surface area contributed by atoms with E-state index in [4.69, 9.17) is 9.84 Å². The first-order valence-electron chi connectivity index (χ1n) is 5.80. The Morgan fingerprint density at radius 1 is 1.30 bits per heavy atom. The molecule has 7 nitrogen and oxygen atoms in total.